The van der Waals surface area contributed by atoms with Gasteiger partial charge in [0.15, 0.2) is 0 Å². The Morgan fingerprint density at radius 3 is 2.09 bits per heavy atom. The molecule has 0 radical (unpaired) electrons. The van der Waals surface area contributed by atoms with E-state index in [1.807, 2.05) is 25.1 Å². The lowest BCUT2D eigenvalue weighted by atomic mass is 10.1. The topological polar surface area (TPSA) is 69.7 Å². The second-order valence-electron chi connectivity index (χ2n) is 8.85. The van der Waals surface area contributed by atoms with E-state index in [1.165, 1.54) is 40.7 Å². The maximum absolute atomic E-state index is 13.6. The number of amides is 1. The van der Waals surface area contributed by atoms with E-state index in [0.717, 1.165) is 30.7 Å². The van der Waals surface area contributed by atoms with E-state index >= 15 is 0 Å². The number of rotatable bonds is 9. The van der Waals surface area contributed by atoms with E-state index in [-0.39, 0.29) is 29.8 Å². The number of nitrogens with zero attached hydrogens (tertiary/aromatic N) is 2. The van der Waals surface area contributed by atoms with Crippen molar-refractivity contribution in [2.45, 2.75) is 30.8 Å². The molecular weight excluding hydrogens is 472 g/mol. The first kappa shape index (κ1) is 24.8. The van der Waals surface area contributed by atoms with Crippen molar-refractivity contribution >= 4 is 27.3 Å². The zero-order valence-corrected chi connectivity index (χ0v) is 20.4. The van der Waals surface area contributed by atoms with Gasteiger partial charge in [-0.2, -0.15) is 4.31 Å². The van der Waals surface area contributed by atoms with Gasteiger partial charge < -0.3 is 10.2 Å². The number of halogens is 2. The Bertz CT molecular complexity index is 1310. The molecule has 1 aliphatic rings. The normalized spacial score (nSPS) is 13.6. The predicted octanol–water partition coefficient (Wildman–Crippen LogP) is 4.77. The molecule has 4 rings (SSSR count). The van der Waals surface area contributed by atoms with Crippen LogP contribution < -0.4 is 10.2 Å². The monoisotopic (exact) mass is 499 g/mol. The molecule has 3 aromatic rings. The summed E-state index contributed by atoms with van der Waals surface area (Å²) in [6, 6.07) is 15.6. The molecule has 0 aliphatic heterocycles. The van der Waals surface area contributed by atoms with E-state index in [0.29, 0.717) is 16.8 Å². The third-order valence-electron chi connectivity index (χ3n) is 5.85. The van der Waals surface area contributed by atoms with Gasteiger partial charge in [0.25, 0.3) is 0 Å². The second-order valence-corrected chi connectivity index (χ2v) is 10.8. The maximum Gasteiger partial charge on any atom is 0.243 e. The molecule has 0 bridgehead atoms. The number of sulfonamides is 1. The van der Waals surface area contributed by atoms with E-state index in [2.05, 4.69) is 5.32 Å². The lowest BCUT2D eigenvalue weighted by molar-refractivity contribution is -0.117. The zero-order chi connectivity index (χ0) is 25.2. The lowest BCUT2D eigenvalue weighted by Gasteiger charge is -2.26. The first-order valence-electron chi connectivity index (χ1n) is 11.2. The van der Waals surface area contributed by atoms with Crippen molar-refractivity contribution in [3.63, 3.8) is 0 Å². The van der Waals surface area contributed by atoms with Crippen LogP contribution in [0.25, 0.3) is 0 Å². The standard InChI is InChI=1S/C26H27F2N3O3S/c1-30(2)25-14-11-23(29-26(32)19-5-6-19)15-20(25)17-31(16-18-3-7-21(27)8-4-18)35(33,34)24-12-9-22(28)10-13-24/h3-4,7-15,19H,5-6,16-17H2,1-2H3,(H,29,32). The van der Waals surface area contributed by atoms with Crippen LogP contribution in [0.15, 0.2) is 71.6 Å². The summed E-state index contributed by atoms with van der Waals surface area (Å²) in [5, 5.41) is 2.91. The van der Waals surface area contributed by atoms with Crippen molar-refractivity contribution in [2.75, 3.05) is 24.3 Å². The Morgan fingerprint density at radius 2 is 1.51 bits per heavy atom. The lowest BCUT2D eigenvalue weighted by Crippen LogP contribution is -2.31. The zero-order valence-electron chi connectivity index (χ0n) is 19.5. The van der Waals surface area contributed by atoms with Gasteiger partial charge in [-0.15, -0.1) is 0 Å². The van der Waals surface area contributed by atoms with Gasteiger partial charge in [-0.1, -0.05) is 12.1 Å². The molecule has 184 valence electrons. The van der Waals surface area contributed by atoms with Crippen LogP contribution in [0.1, 0.15) is 24.0 Å². The number of hydrogen-bond acceptors (Lipinski definition) is 4. The van der Waals surface area contributed by atoms with Gasteiger partial charge >= 0.3 is 0 Å². The van der Waals surface area contributed by atoms with Crippen LogP contribution in [0.5, 0.6) is 0 Å². The van der Waals surface area contributed by atoms with Crippen LogP contribution >= 0.6 is 0 Å². The summed E-state index contributed by atoms with van der Waals surface area (Å²) in [5.41, 5.74) is 2.65. The number of anilines is 2. The fourth-order valence-corrected chi connectivity index (χ4v) is 5.19. The van der Waals surface area contributed by atoms with Crippen LogP contribution in [0, 0.1) is 17.6 Å². The average molecular weight is 500 g/mol. The highest BCUT2D eigenvalue weighted by molar-refractivity contribution is 7.89. The summed E-state index contributed by atoms with van der Waals surface area (Å²) < 4.78 is 55.4. The summed E-state index contributed by atoms with van der Waals surface area (Å²) >= 11 is 0. The van der Waals surface area contributed by atoms with Crippen molar-refractivity contribution in [1.29, 1.82) is 0 Å². The number of carbonyl (C=O) groups excluding carboxylic acids is 1. The summed E-state index contributed by atoms with van der Waals surface area (Å²) in [4.78, 5) is 14.1. The van der Waals surface area contributed by atoms with Gasteiger partial charge in [-0.25, -0.2) is 17.2 Å². The molecule has 1 aliphatic carbocycles. The number of carbonyl (C=O) groups is 1. The van der Waals surface area contributed by atoms with Gasteiger partial charge in [0.1, 0.15) is 11.6 Å². The average Bonchev–Trinajstić information content (AvgIpc) is 3.66. The molecular formula is C26H27F2N3O3S. The summed E-state index contributed by atoms with van der Waals surface area (Å²) in [7, 11) is -0.345. The summed E-state index contributed by atoms with van der Waals surface area (Å²) in [5.74, 6) is -0.977. The molecule has 0 heterocycles. The molecule has 35 heavy (non-hydrogen) atoms. The van der Waals surface area contributed by atoms with Crippen LogP contribution in [0.4, 0.5) is 20.2 Å². The molecule has 1 amide bonds. The predicted molar refractivity (Wildman–Crippen MR) is 131 cm³/mol. The Balaban J connectivity index is 1.71. The first-order chi connectivity index (χ1) is 16.6. The molecule has 6 nitrogen and oxygen atoms in total. The van der Waals surface area contributed by atoms with Crippen molar-refractivity contribution in [1.82, 2.24) is 4.31 Å². The third-order valence-corrected chi connectivity index (χ3v) is 7.65. The fraction of sp³-hybridized carbons (Fsp3) is 0.269. The Kier molecular flexibility index (Phi) is 7.18. The van der Waals surface area contributed by atoms with Gasteiger partial charge in [0.2, 0.25) is 15.9 Å². The Hall–Kier alpha value is -3.30. The highest BCUT2D eigenvalue weighted by Gasteiger charge is 2.30. The van der Waals surface area contributed by atoms with E-state index in [9.17, 15) is 22.0 Å². The van der Waals surface area contributed by atoms with Crippen LogP contribution in [-0.4, -0.2) is 32.7 Å². The minimum atomic E-state index is -4.04. The molecule has 3 aromatic carbocycles. The highest BCUT2D eigenvalue weighted by atomic mass is 32.2. The maximum atomic E-state index is 13.6. The Labute approximate surface area is 204 Å². The van der Waals surface area contributed by atoms with Gasteiger partial charge in [0.05, 0.1) is 4.90 Å². The molecule has 9 heteroatoms. The number of benzene rings is 3. The molecule has 0 atom stereocenters. The molecule has 1 fully saturated rings. The number of hydrogen-bond donors (Lipinski definition) is 1. The van der Waals surface area contributed by atoms with E-state index < -0.39 is 21.7 Å². The third kappa shape index (κ3) is 6.04. The SMILES string of the molecule is CN(C)c1ccc(NC(=O)C2CC2)cc1CN(Cc1ccc(F)cc1)S(=O)(=O)c1ccc(F)cc1. The molecule has 1 saturated carbocycles. The van der Waals surface area contributed by atoms with Gasteiger partial charge in [0, 0.05) is 44.5 Å². The quantitative estimate of drug-likeness (QED) is 0.461. The fourth-order valence-electron chi connectivity index (χ4n) is 3.78. The summed E-state index contributed by atoms with van der Waals surface area (Å²) in [6.07, 6.45) is 1.74. The minimum absolute atomic E-state index is 0.0161. The largest absolute Gasteiger partial charge is 0.377 e. The van der Waals surface area contributed by atoms with Crippen LogP contribution in [0.3, 0.4) is 0 Å². The van der Waals surface area contributed by atoms with Gasteiger partial charge in [-0.05, 0) is 78.6 Å². The Morgan fingerprint density at radius 1 is 0.914 bits per heavy atom. The smallest absolute Gasteiger partial charge is 0.243 e. The van der Waals surface area contributed by atoms with E-state index in [1.54, 1.807) is 12.1 Å². The molecule has 1 N–H and O–H groups in total. The number of nitrogens with one attached hydrogen (secondary N) is 1. The van der Waals surface area contributed by atoms with Crippen LogP contribution in [-0.2, 0) is 27.9 Å². The molecule has 0 aromatic heterocycles. The first-order valence-corrected chi connectivity index (χ1v) is 12.7. The van der Waals surface area contributed by atoms with E-state index in [4.69, 9.17) is 0 Å². The van der Waals surface area contributed by atoms with Crippen LogP contribution in [0.2, 0.25) is 0 Å². The van der Waals surface area contributed by atoms with Gasteiger partial charge in [-0.3, -0.25) is 4.79 Å². The summed E-state index contributed by atoms with van der Waals surface area (Å²) in [6.45, 7) is -0.0384. The second kappa shape index (κ2) is 10.1. The van der Waals surface area contributed by atoms with Crippen molar-refractivity contribution in [3.05, 3.63) is 89.5 Å². The van der Waals surface area contributed by atoms with Crippen molar-refractivity contribution < 1.29 is 22.0 Å². The molecule has 0 spiro atoms. The van der Waals surface area contributed by atoms with Crippen molar-refractivity contribution in [2.24, 2.45) is 5.92 Å². The van der Waals surface area contributed by atoms with Crippen molar-refractivity contribution in [3.8, 4) is 0 Å². The molecule has 0 unspecified atom stereocenters. The molecule has 0 saturated heterocycles. The minimum Gasteiger partial charge on any atom is -0.377 e. The highest BCUT2D eigenvalue weighted by Crippen LogP contribution is 2.32.